The lowest BCUT2D eigenvalue weighted by Gasteiger charge is -2.25. The summed E-state index contributed by atoms with van der Waals surface area (Å²) < 4.78 is 0.769. The van der Waals surface area contributed by atoms with Gasteiger partial charge in [0, 0.05) is 23.6 Å². The molecule has 0 fully saturated rings. The standard InChI is InChI=1S/C10H13BrN2O3/c1-7(6-14)12(2)10-5-8(11)3-4-9(10)13(15)16/h3-5,7,14H,6H2,1-2H3/t7-/m1/s1. The first-order valence-corrected chi connectivity index (χ1v) is 5.54. The molecular weight excluding hydrogens is 276 g/mol. The van der Waals surface area contributed by atoms with Gasteiger partial charge in [-0.3, -0.25) is 10.1 Å². The van der Waals surface area contributed by atoms with Gasteiger partial charge in [-0.05, 0) is 19.1 Å². The largest absolute Gasteiger partial charge is 0.394 e. The van der Waals surface area contributed by atoms with Gasteiger partial charge in [0.15, 0.2) is 0 Å². The maximum Gasteiger partial charge on any atom is 0.292 e. The van der Waals surface area contributed by atoms with Crippen molar-refractivity contribution in [2.45, 2.75) is 13.0 Å². The highest BCUT2D eigenvalue weighted by atomic mass is 79.9. The van der Waals surface area contributed by atoms with Gasteiger partial charge in [-0.1, -0.05) is 15.9 Å². The number of aliphatic hydroxyl groups is 1. The zero-order chi connectivity index (χ0) is 12.3. The van der Waals surface area contributed by atoms with Crippen molar-refractivity contribution in [1.82, 2.24) is 0 Å². The van der Waals surface area contributed by atoms with E-state index >= 15 is 0 Å². The summed E-state index contributed by atoms with van der Waals surface area (Å²) in [5.41, 5.74) is 0.520. The van der Waals surface area contributed by atoms with E-state index in [1.807, 2.05) is 0 Å². The van der Waals surface area contributed by atoms with E-state index in [0.717, 1.165) is 4.47 Å². The van der Waals surface area contributed by atoms with Crippen molar-refractivity contribution in [2.75, 3.05) is 18.6 Å². The predicted molar refractivity (Wildman–Crippen MR) is 65.7 cm³/mol. The Morgan fingerprint density at radius 3 is 2.75 bits per heavy atom. The molecule has 1 aromatic rings. The first-order valence-electron chi connectivity index (χ1n) is 4.75. The van der Waals surface area contributed by atoms with Crippen LogP contribution in [-0.2, 0) is 0 Å². The average Bonchev–Trinajstić information content (AvgIpc) is 2.26. The van der Waals surface area contributed by atoms with Crippen LogP contribution < -0.4 is 4.90 Å². The Kier molecular flexibility index (Phi) is 4.26. The van der Waals surface area contributed by atoms with Gasteiger partial charge in [-0.25, -0.2) is 0 Å². The third kappa shape index (κ3) is 2.70. The maximum atomic E-state index is 10.8. The Morgan fingerprint density at radius 2 is 2.25 bits per heavy atom. The summed E-state index contributed by atoms with van der Waals surface area (Å²) in [6.07, 6.45) is 0. The molecule has 6 heteroatoms. The zero-order valence-electron chi connectivity index (χ0n) is 9.05. The van der Waals surface area contributed by atoms with Gasteiger partial charge in [0.25, 0.3) is 5.69 Å². The van der Waals surface area contributed by atoms with Crippen LogP contribution in [0, 0.1) is 10.1 Å². The molecule has 5 nitrogen and oxygen atoms in total. The summed E-state index contributed by atoms with van der Waals surface area (Å²) >= 11 is 3.27. The molecule has 1 N–H and O–H groups in total. The molecule has 0 unspecified atom stereocenters. The molecule has 1 rings (SSSR count). The molecule has 16 heavy (non-hydrogen) atoms. The van der Waals surface area contributed by atoms with Crippen molar-refractivity contribution in [3.05, 3.63) is 32.8 Å². The van der Waals surface area contributed by atoms with Crippen molar-refractivity contribution in [2.24, 2.45) is 0 Å². The van der Waals surface area contributed by atoms with Crippen LogP contribution in [0.2, 0.25) is 0 Å². The van der Waals surface area contributed by atoms with Crippen LogP contribution in [0.5, 0.6) is 0 Å². The second-order valence-corrected chi connectivity index (χ2v) is 4.45. The van der Waals surface area contributed by atoms with Gasteiger partial charge < -0.3 is 10.0 Å². The first kappa shape index (κ1) is 12.9. The Balaban J connectivity index is 3.19. The summed E-state index contributed by atoms with van der Waals surface area (Å²) in [7, 11) is 1.72. The number of hydrogen-bond donors (Lipinski definition) is 1. The smallest absolute Gasteiger partial charge is 0.292 e. The van der Waals surface area contributed by atoms with E-state index in [0.29, 0.717) is 5.69 Å². The van der Waals surface area contributed by atoms with Crippen LogP contribution in [-0.4, -0.2) is 29.7 Å². The minimum absolute atomic E-state index is 0.0333. The van der Waals surface area contributed by atoms with E-state index in [1.165, 1.54) is 6.07 Å². The highest BCUT2D eigenvalue weighted by Gasteiger charge is 2.20. The third-order valence-electron chi connectivity index (χ3n) is 2.44. The summed E-state index contributed by atoms with van der Waals surface area (Å²) in [6.45, 7) is 1.74. The quantitative estimate of drug-likeness (QED) is 0.681. The van der Waals surface area contributed by atoms with Crippen LogP contribution >= 0.6 is 15.9 Å². The summed E-state index contributed by atoms with van der Waals surface area (Å²) in [6, 6.07) is 4.57. The number of rotatable bonds is 4. The van der Waals surface area contributed by atoms with Crippen LogP contribution in [0.1, 0.15) is 6.92 Å². The highest BCUT2D eigenvalue weighted by molar-refractivity contribution is 9.10. The van der Waals surface area contributed by atoms with Crippen molar-refractivity contribution in [1.29, 1.82) is 0 Å². The Labute approximate surface area is 102 Å². The topological polar surface area (TPSA) is 66.6 Å². The number of benzene rings is 1. The zero-order valence-corrected chi connectivity index (χ0v) is 10.6. The maximum absolute atomic E-state index is 10.8. The normalized spacial score (nSPS) is 12.2. The molecule has 0 saturated carbocycles. The highest BCUT2D eigenvalue weighted by Crippen LogP contribution is 2.31. The molecule has 0 aliphatic heterocycles. The summed E-state index contributed by atoms with van der Waals surface area (Å²) in [5.74, 6) is 0. The van der Waals surface area contributed by atoms with E-state index < -0.39 is 4.92 Å². The van der Waals surface area contributed by atoms with Gasteiger partial charge >= 0.3 is 0 Å². The molecule has 1 atom stereocenters. The molecule has 0 saturated heterocycles. The molecule has 0 aliphatic carbocycles. The molecule has 0 radical (unpaired) electrons. The van der Waals surface area contributed by atoms with Crippen LogP contribution in [0.4, 0.5) is 11.4 Å². The van der Waals surface area contributed by atoms with Crippen LogP contribution in [0.15, 0.2) is 22.7 Å². The van der Waals surface area contributed by atoms with Crippen molar-refractivity contribution >= 4 is 27.3 Å². The van der Waals surface area contributed by atoms with Gasteiger partial charge in [0.05, 0.1) is 11.5 Å². The molecule has 0 spiro atoms. The van der Waals surface area contributed by atoms with Crippen molar-refractivity contribution in [3.8, 4) is 0 Å². The monoisotopic (exact) mass is 288 g/mol. The van der Waals surface area contributed by atoms with Crippen LogP contribution in [0.25, 0.3) is 0 Å². The molecule has 0 aromatic heterocycles. The Hall–Kier alpha value is -1.14. The molecule has 0 aliphatic rings. The van der Waals surface area contributed by atoms with E-state index in [2.05, 4.69) is 15.9 Å². The van der Waals surface area contributed by atoms with E-state index in [4.69, 9.17) is 5.11 Å². The van der Waals surface area contributed by atoms with Crippen molar-refractivity contribution < 1.29 is 10.0 Å². The predicted octanol–water partition coefficient (Wildman–Crippen LogP) is 2.17. The number of hydrogen-bond acceptors (Lipinski definition) is 4. The number of halogens is 1. The number of likely N-dealkylation sites (N-methyl/N-ethyl adjacent to an activating group) is 1. The number of nitro benzene ring substituents is 1. The lowest BCUT2D eigenvalue weighted by molar-refractivity contribution is -0.384. The summed E-state index contributed by atoms with van der Waals surface area (Å²) in [4.78, 5) is 12.1. The number of nitro groups is 1. The lowest BCUT2D eigenvalue weighted by Crippen LogP contribution is -2.32. The summed E-state index contributed by atoms with van der Waals surface area (Å²) in [5, 5.41) is 19.9. The molecule has 0 bridgehead atoms. The van der Waals surface area contributed by atoms with Gasteiger partial charge in [-0.2, -0.15) is 0 Å². The number of nitrogens with zero attached hydrogens (tertiary/aromatic N) is 2. The molecule has 0 amide bonds. The minimum Gasteiger partial charge on any atom is -0.394 e. The minimum atomic E-state index is -0.428. The van der Waals surface area contributed by atoms with Crippen molar-refractivity contribution in [3.63, 3.8) is 0 Å². The second kappa shape index (κ2) is 5.27. The lowest BCUT2D eigenvalue weighted by atomic mass is 10.2. The molecular formula is C10H13BrN2O3. The van der Waals surface area contributed by atoms with E-state index in [1.54, 1.807) is 31.0 Å². The molecule has 88 valence electrons. The van der Waals surface area contributed by atoms with Crippen LogP contribution in [0.3, 0.4) is 0 Å². The number of aliphatic hydroxyl groups excluding tert-OH is 1. The van der Waals surface area contributed by atoms with E-state index in [-0.39, 0.29) is 18.3 Å². The molecule has 0 heterocycles. The van der Waals surface area contributed by atoms with E-state index in [9.17, 15) is 10.1 Å². The first-order chi connectivity index (χ1) is 7.47. The number of anilines is 1. The third-order valence-corrected chi connectivity index (χ3v) is 2.93. The fourth-order valence-corrected chi connectivity index (χ4v) is 1.64. The fourth-order valence-electron chi connectivity index (χ4n) is 1.29. The fraction of sp³-hybridized carbons (Fsp3) is 0.400. The van der Waals surface area contributed by atoms with Gasteiger partial charge in [-0.15, -0.1) is 0 Å². The van der Waals surface area contributed by atoms with Gasteiger partial charge in [0.1, 0.15) is 5.69 Å². The SMILES string of the molecule is C[C@H](CO)N(C)c1cc(Br)ccc1[N+](=O)[O-]. The average molecular weight is 289 g/mol. The van der Waals surface area contributed by atoms with Gasteiger partial charge in [0.2, 0.25) is 0 Å². The Morgan fingerprint density at radius 1 is 1.62 bits per heavy atom. The Bertz CT molecular complexity index is 398. The molecule has 1 aromatic carbocycles. The second-order valence-electron chi connectivity index (χ2n) is 3.53.